The van der Waals surface area contributed by atoms with E-state index in [1.807, 2.05) is 38.1 Å². The largest absolute Gasteiger partial charge is 0.396 e. The third kappa shape index (κ3) is 3.76. The third-order valence-corrected chi connectivity index (χ3v) is 2.51. The van der Waals surface area contributed by atoms with Crippen molar-refractivity contribution in [3.8, 4) is 0 Å². The SMILES string of the molecule is Cc1ccc(C(=O)C(C)NCCCO)cc1. The predicted molar refractivity (Wildman–Crippen MR) is 64.7 cm³/mol. The molecule has 88 valence electrons. The Kier molecular flexibility index (Phi) is 5.15. The Morgan fingerprint density at radius 1 is 1.38 bits per heavy atom. The summed E-state index contributed by atoms with van der Waals surface area (Å²) in [6, 6.07) is 7.37. The van der Waals surface area contributed by atoms with Crippen LogP contribution in [0.15, 0.2) is 24.3 Å². The van der Waals surface area contributed by atoms with E-state index in [1.165, 1.54) is 0 Å². The van der Waals surface area contributed by atoms with E-state index in [9.17, 15) is 4.79 Å². The van der Waals surface area contributed by atoms with Crippen molar-refractivity contribution >= 4 is 5.78 Å². The van der Waals surface area contributed by atoms with Crippen molar-refractivity contribution < 1.29 is 9.90 Å². The molecule has 0 aromatic heterocycles. The summed E-state index contributed by atoms with van der Waals surface area (Å²) in [6.07, 6.45) is 0.672. The lowest BCUT2D eigenvalue weighted by Gasteiger charge is -2.12. The van der Waals surface area contributed by atoms with Gasteiger partial charge in [-0.25, -0.2) is 0 Å². The zero-order chi connectivity index (χ0) is 12.0. The van der Waals surface area contributed by atoms with Gasteiger partial charge in [-0.2, -0.15) is 0 Å². The fourth-order valence-electron chi connectivity index (χ4n) is 1.46. The summed E-state index contributed by atoms with van der Waals surface area (Å²) in [7, 11) is 0. The van der Waals surface area contributed by atoms with Crippen LogP contribution in [0.25, 0.3) is 0 Å². The second-order valence-electron chi connectivity index (χ2n) is 3.98. The number of carbonyl (C=O) groups is 1. The fourth-order valence-corrected chi connectivity index (χ4v) is 1.46. The molecule has 0 amide bonds. The van der Waals surface area contributed by atoms with Gasteiger partial charge in [-0.3, -0.25) is 4.79 Å². The monoisotopic (exact) mass is 221 g/mol. The minimum Gasteiger partial charge on any atom is -0.396 e. The Hall–Kier alpha value is -1.19. The summed E-state index contributed by atoms with van der Waals surface area (Å²) in [5.41, 5.74) is 1.88. The van der Waals surface area contributed by atoms with Crippen molar-refractivity contribution in [2.24, 2.45) is 0 Å². The minimum absolute atomic E-state index is 0.0953. The maximum absolute atomic E-state index is 11.9. The molecule has 0 spiro atoms. The minimum atomic E-state index is -0.200. The molecular formula is C13H19NO2. The molecular weight excluding hydrogens is 202 g/mol. The smallest absolute Gasteiger partial charge is 0.179 e. The molecule has 2 N–H and O–H groups in total. The molecule has 0 saturated heterocycles. The number of hydrogen-bond acceptors (Lipinski definition) is 3. The average Bonchev–Trinajstić information content (AvgIpc) is 2.29. The summed E-state index contributed by atoms with van der Waals surface area (Å²) in [4.78, 5) is 11.9. The fraction of sp³-hybridized carbons (Fsp3) is 0.462. The molecule has 0 saturated carbocycles. The molecule has 1 unspecified atom stereocenters. The maximum atomic E-state index is 11.9. The van der Waals surface area contributed by atoms with Gasteiger partial charge in [-0.05, 0) is 26.8 Å². The highest BCUT2D eigenvalue weighted by molar-refractivity contribution is 5.99. The molecule has 16 heavy (non-hydrogen) atoms. The molecule has 0 aliphatic carbocycles. The Balaban J connectivity index is 2.53. The van der Waals surface area contributed by atoms with Crippen molar-refractivity contribution in [1.29, 1.82) is 0 Å². The number of hydrogen-bond donors (Lipinski definition) is 2. The molecule has 1 atom stereocenters. The highest BCUT2D eigenvalue weighted by Crippen LogP contribution is 2.06. The van der Waals surface area contributed by atoms with E-state index >= 15 is 0 Å². The van der Waals surface area contributed by atoms with Gasteiger partial charge in [0.05, 0.1) is 6.04 Å². The first-order chi connectivity index (χ1) is 7.65. The van der Waals surface area contributed by atoms with Crippen LogP contribution in [0, 0.1) is 6.92 Å². The zero-order valence-electron chi connectivity index (χ0n) is 9.86. The van der Waals surface area contributed by atoms with E-state index in [0.717, 1.165) is 11.1 Å². The second kappa shape index (κ2) is 6.40. The van der Waals surface area contributed by atoms with Crippen molar-refractivity contribution in [2.45, 2.75) is 26.3 Å². The summed E-state index contributed by atoms with van der Waals surface area (Å²) in [5, 5.41) is 11.7. The van der Waals surface area contributed by atoms with Gasteiger partial charge in [0.25, 0.3) is 0 Å². The molecule has 0 heterocycles. The van der Waals surface area contributed by atoms with Crippen molar-refractivity contribution in [2.75, 3.05) is 13.2 Å². The van der Waals surface area contributed by atoms with Gasteiger partial charge in [0.15, 0.2) is 5.78 Å². The number of Topliss-reactive ketones (excluding diaryl/α,β-unsaturated/α-hetero) is 1. The lowest BCUT2D eigenvalue weighted by molar-refractivity contribution is 0.0950. The van der Waals surface area contributed by atoms with Crippen LogP contribution in [-0.2, 0) is 0 Å². The Labute approximate surface area is 96.5 Å². The number of ketones is 1. The molecule has 3 nitrogen and oxygen atoms in total. The Bertz CT molecular complexity index is 332. The van der Waals surface area contributed by atoms with Gasteiger partial charge >= 0.3 is 0 Å². The van der Waals surface area contributed by atoms with Gasteiger partial charge in [-0.15, -0.1) is 0 Å². The second-order valence-corrected chi connectivity index (χ2v) is 3.98. The van der Waals surface area contributed by atoms with Crippen LogP contribution >= 0.6 is 0 Å². The molecule has 1 rings (SSSR count). The van der Waals surface area contributed by atoms with E-state index in [2.05, 4.69) is 5.32 Å². The predicted octanol–water partition coefficient (Wildman–Crippen LogP) is 1.54. The highest BCUT2D eigenvalue weighted by atomic mass is 16.3. The number of nitrogens with one attached hydrogen (secondary N) is 1. The van der Waals surface area contributed by atoms with E-state index in [0.29, 0.717) is 13.0 Å². The summed E-state index contributed by atoms with van der Waals surface area (Å²) < 4.78 is 0. The van der Waals surface area contributed by atoms with Crippen LogP contribution in [-0.4, -0.2) is 30.1 Å². The van der Waals surface area contributed by atoms with Crippen LogP contribution in [0.4, 0.5) is 0 Å². The van der Waals surface area contributed by atoms with Crippen LogP contribution < -0.4 is 5.32 Å². The molecule has 3 heteroatoms. The highest BCUT2D eigenvalue weighted by Gasteiger charge is 2.13. The van der Waals surface area contributed by atoms with Gasteiger partial charge in [0.2, 0.25) is 0 Å². The normalized spacial score (nSPS) is 12.4. The van der Waals surface area contributed by atoms with E-state index in [1.54, 1.807) is 0 Å². The zero-order valence-corrected chi connectivity index (χ0v) is 9.86. The van der Waals surface area contributed by atoms with E-state index < -0.39 is 0 Å². The quantitative estimate of drug-likeness (QED) is 0.566. The topological polar surface area (TPSA) is 49.3 Å². The summed E-state index contributed by atoms with van der Waals surface area (Å²) in [6.45, 7) is 4.66. The third-order valence-electron chi connectivity index (χ3n) is 2.51. The molecule has 0 bridgehead atoms. The summed E-state index contributed by atoms with van der Waals surface area (Å²) in [5.74, 6) is 0.0953. The van der Waals surface area contributed by atoms with Crippen LogP contribution in [0.1, 0.15) is 29.3 Å². The molecule has 0 fully saturated rings. The van der Waals surface area contributed by atoms with Crippen molar-refractivity contribution in [1.82, 2.24) is 5.32 Å². The van der Waals surface area contributed by atoms with Gasteiger partial charge < -0.3 is 10.4 Å². The molecule has 0 aliphatic heterocycles. The Morgan fingerprint density at radius 2 is 2.00 bits per heavy atom. The molecule has 0 aliphatic rings. The first-order valence-corrected chi connectivity index (χ1v) is 5.60. The number of aliphatic hydroxyl groups excluding tert-OH is 1. The first kappa shape index (κ1) is 12.9. The standard InChI is InChI=1S/C13H19NO2/c1-10-4-6-12(7-5-10)13(16)11(2)14-8-3-9-15/h4-7,11,14-15H,3,8-9H2,1-2H3. The van der Waals surface area contributed by atoms with Gasteiger partial charge in [-0.1, -0.05) is 29.8 Å². The van der Waals surface area contributed by atoms with E-state index in [-0.39, 0.29) is 18.4 Å². The average molecular weight is 221 g/mol. The number of benzene rings is 1. The van der Waals surface area contributed by atoms with Crippen molar-refractivity contribution in [3.05, 3.63) is 35.4 Å². The number of carbonyl (C=O) groups excluding carboxylic acids is 1. The number of aliphatic hydroxyl groups is 1. The van der Waals surface area contributed by atoms with Gasteiger partial charge in [0.1, 0.15) is 0 Å². The molecule has 0 radical (unpaired) electrons. The van der Waals surface area contributed by atoms with E-state index in [4.69, 9.17) is 5.11 Å². The van der Waals surface area contributed by atoms with Crippen molar-refractivity contribution in [3.63, 3.8) is 0 Å². The number of rotatable bonds is 6. The lowest BCUT2D eigenvalue weighted by atomic mass is 10.0. The van der Waals surface area contributed by atoms with Crippen LogP contribution in [0.3, 0.4) is 0 Å². The molecule has 1 aromatic rings. The Morgan fingerprint density at radius 3 is 2.56 bits per heavy atom. The number of aryl methyl sites for hydroxylation is 1. The van der Waals surface area contributed by atoms with Crippen LogP contribution in [0.5, 0.6) is 0 Å². The molecule has 1 aromatic carbocycles. The van der Waals surface area contributed by atoms with Crippen LogP contribution in [0.2, 0.25) is 0 Å². The maximum Gasteiger partial charge on any atom is 0.179 e. The lowest BCUT2D eigenvalue weighted by Crippen LogP contribution is -2.34. The van der Waals surface area contributed by atoms with Gasteiger partial charge in [0, 0.05) is 12.2 Å². The summed E-state index contributed by atoms with van der Waals surface area (Å²) >= 11 is 0. The first-order valence-electron chi connectivity index (χ1n) is 5.60.